The second kappa shape index (κ2) is 4.88. The zero-order chi connectivity index (χ0) is 11.5. The molecular formula is C14H20O2. The van der Waals surface area contributed by atoms with E-state index in [4.69, 9.17) is 4.74 Å². The molecule has 0 radical (unpaired) electrons. The first-order valence-corrected chi connectivity index (χ1v) is 6.10. The first-order valence-electron chi connectivity index (χ1n) is 6.10. The van der Waals surface area contributed by atoms with Crippen LogP contribution >= 0.6 is 0 Å². The molecule has 0 heterocycles. The van der Waals surface area contributed by atoms with Crippen LogP contribution in [0.1, 0.15) is 43.9 Å². The molecule has 0 saturated heterocycles. The standard InChI is InChI=1S/C14H20O2/c1-10(2)9-16-12-7-6-11-4-3-5-14(15)13(11)8-12/h6-8,10,14-15H,3-5,9H2,1-2H3/t14-/m1/s1. The van der Waals surface area contributed by atoms with Crippen molar-refractivity contribution in [2.24, 2.45) is 5.92 Å². The van der Waals surface area contributed by atoms with Gasteiger partial charge in [0.15, 0.2) is 0 Å². The smallest absolute Gasteiger partial charge is 0.119 e. The number of rotatable bonds is 3. The van der Waals surface area contributed by atoms with Crippen LogP contribution in [0.3, 0.4) is 0 Å². The van der Waals surface area contributed by atoms with E-state index in [1.54, 1.807) is 0 Å². The van der Waals surface area contributed by atoms with E-state index < -0.39 is 0 Å². The molecule has 0 spiro atoms. The number of fused-ring (bicyclic) bond motifs is 1. The van der Waals surface area contributed by atoms with Crippen molar-refractivity contribution in [1.29, 1.82) is 0 Å². The minimum atomic E-state index is -0.300. The quantitative estimate of drug-likeness (QED) is 0.848. The molecule has 16 heavy (non-hydrogen) atoms. The highest BCUT2D eigenvalue weighted by Gasteiger charge is 2.18. The van der Waals surface area contributed by atoms with Gasteiger partial charge in [0, 0.05) is 0 Å². The molecule has 0 saturated carbocycles. The maximum atomic E-state index is 9.91. The monoisotopic (exact) mass is 220 g/mol. The molecular weight excluding hydrogens is 200 g/mol. The van der Waals surface area contributed by atoms with Crippen LogP contribution in [-0.2, 0) is 6.42 Å². The number of benzene rings is 1. The second-order valence-corrected chi connectivity index (χ2v) is 4.97. The lowest BCUT2D eigenvalue weighted by atomic mass is 9.89. The lowest BCUT2D eigenvalue weighted by Crippen LogP contribution is -2.10. The van der Waals surface area contributed by atoms with E-state index in [-0.39, 0.29) is 6.10 Å². The van der Waals surface area contributed by atoms with Crippen LogP contribution in [0.2, 0.25) is 0 Å². The molecule has 1 aromatic carbocycles. The Labute approximate surface area is 97.3 Å². The average molecular weight is 220 g/mol. The van der Waals surface area contributed by atoms with Crippen LogP contribution in [0, 0.1) is 5.92 Å². The predicted molar refractivity (Wildman–Crippen MR) is 64.7 cm³/mol. The van der Waals surface area contributed by atoms with Gasteiger partial charge in [-0.2, -0.15) is 0 Å². The van der Waals surface area contributed by atoms with Crippen LogP contribution < -0.4 is 4.74 Å². The van der Waals surface area contributed by atoms with Crippen molar-refractivity contribution < 1.29 is 9.84 Å². The lowest BCUT2D eigenvalue weighted by molar-refractivity contribution is 0.156. The molecule has 0 aliphatic heterocycles. The fraction of sp³-hybridized carbons (Fsp3) is 0.571. The zero-order valence-electron chi connectivity index (χ0n) is 10.1. The van der Waals surface area contributed by atoms with Crippen LogP contribution in [0.25, 0.3) is 0 Å². The Morgan fingerprint density at radius 2 is 2.25 bits per heavy atom. The summed E-state index contributed by atoms with van der Waals surface area (Å²) in [7, 11) is 0. The van der Waals surface area contributed by atoms with Gasteiger partial charge in [-0.3, -0.25) is 0 Å². The summed E-state index contributed by atoms with van der Waals surface area (Å²) in [6, 6.07) is 6.11. The summed E-state index contributed by atoms with van der Waals surface area (Å²) in [5, 5.41) is 9.91. The molecule has 88 valence electrons. The number of hydrogen-bond donors (Lipinski definition) is 1. The summed E-state index contributed by atoms with van der Waals surface area (Å²) < 4.78 is 5.67. The van der Waals surface area contributed by atoms with Gasteiger partial charge >= 0.3 is 0 Å². The van der Waals surface area contributed by atoms with Crippen molar-refractivity contribution >= 4 is 0 Å². The van der Waals surface area contributed by atoms with Crippen molar-refractivity contribution in [3.05, 3.63) is 29.3 Å². The van der Waals surface area contributed by atoms with Crippen molar-refractivity contribution in [1.82, 2.24) is 0 Å². The summed E-state index contributed by atoms with van der Waals surface area (Å²) >= 11 is 0. The first-order chi connectivity index (χ1) is 7.66. The van der Waals surface area contributed by atoms with E-state index >= 15 is 0 Å². The molecule has 2 nitrogen and oxygen atoms in total. The van der Waals surface area contributed by atoms with Crippen LogP contribution in [-0.4, -0.2) is 11.7 Å². The Morgan fingerprint density at radius 3 is 3.00 bits per heavy atom. The Balaban J connectivity index is 2.14. The van der Waals surface area contributed by atoms with Gasteiger partial charge in [0.05, 0.1) is 12.7 Å². The third kappa shape index (κ3) is 2.56. The van der Waals surface area contributed by atoms with Crippen LogP contribution in [0.4, 0.5) is 0 Å². The van der Waals surface area contributed by atoms with Crippen molar-refractivity contribution in [3.8, 4) is 5.75 Å². The molecule has 0 amide bonds. The fourth-order valence-electron chi connectivity index (χ4n) is 2.10. The van der Waals surface area contributed by atoms with Gasteiger partial charge in [-0.15, -0.1) is 0 Å². The van der Waals surface area contributed by atoms with Crippen LogP contribution in [0.5, 0.6) is 5.75 Å². The maximum Gasteiger partial charge on any atom is 0.119 e. The van der Waals surface area contributed by atoms with E-state index in [2.05, 4.69) is 19.9 Å². The fourth-order valence-corrected chi connectivity index (χ4v) is 2.10. The zero-order valence-corrected chi connectivity index (χ0v) is 10.1. The molecule has 0 fully saturated rings. The average Bonchev–Trinajstić information content (AvgIpc) is 2.27. The van der Waals surface area contributed by atoms with Crippen molar-refractivity contribution in [2.75, 3.05) is 6.61 Å². The Bertz CT molecular complexity index is 358. The van der Waals surface area contributed by atoms with Crippen molar-refractivity contribution in [2.45, 2.75) is 39.2 Å². The molecule has 1 aliphatic rings. The highest BCUT2D eigenvalue weighted by Crippen LogP contribution is 2.32. The Kier molecular flexibility index (Phi) is 3.49. The number of hydrogen-bond acceptors (Lipinski definition) is 2. The summed E-state index contributed by atoms with van der Waals surface area (Å²) in [5.41, 5.74) is 2.34. The predicted octanol–water partition coefficient (Wildman–Crippen LogP) is 3.09. The minimum Gasteiger partial charge on any atom is -0.493 e. The second-order valence-electron chi connectivity index (χ2n) is 4.97. The molecule has 0 aromatic heterocycles. The van der Waals surface area contributed by atoms with E-state index in [1.165, 1.54) is 5.56 Å². The molecule has 1 aliphatic carbocycles. The van der Waals surface area contributed by atoms with E-state index in [9.17, 15) is 5.11 Å². The number of ether oxygens (including phenoxy) is 1. The molecule has 0 unspecified atom stereocenters. The van der Waals surface area contributed by atoms with E-state index in [1.807, 2.05) is 12.1 Å². The summed E-state index contributed by atoms with van der Waals surface area (Å²) in [5.74, 6) is 1.41. The van der Waals surface area contributed by atoms with Gasteiger partial charge in [0.2, 0.25) is 0 Å². The highest BCUT2D eigenvalue weighted by atomic mass is 16.5. The van der Waals surface area contributed by atoms with Gasteiger partial charge in [0.25, 0.3) is 0 Å². The van der Waals surface area contributed by atoms with E-state index in [0.29, 0.717) is 5.92 Å². The van der Waals surface area contributed by atoms with Gasteiger partial charge < -0.3 is 9.84 Å². The minimum absolute atomic E-state index is 0.300. The summed E-state index contributed by atoms with van der Waals surface area (Å²) in [4.78, 5) is 0. The summed E-state index contributed by atoms with van der Waals surface area (Å²) in [6.45, 7) is 5.00. The Morgan fingerprint density at radius 1 is 1.44 bits per heavy atom. The molecule has 1 atom stereocenters. The normalized spacial score (nSPS) is 19.6. The van der Waals surface area contributed by atoms with Gasteiger partial charge in [0.1, 0.15) is 5.75 Å². The van der Waals surface area contributed by atoms with Gasteiger partial charge in [-0.25, -0.2) is 0 Å². The summed E-state index contributed by atoms with van der Waals surface area (Å²) in [6.07, 6.45) is 2.74. The highest BCUT2D eigenvalue weighted by molar-refractivity contribution is 5.38. The molecule has 1 aromatic rings. The molecule has 0 bridgehead atoms. The number of aryl methyl sites for hydroxylation is 1. The topological polar surface area (TPSA) is 29.5 Å². The Hall–Kier alpha value is -1.02. The van der Waals surface area contributed by atoms with Crippen LogP contribution in [0.15, 0.2) is 18.2 Å². The molecule has 2 heteroatoms. The molecule has 1 N–H and O–H groups in total. The third-order valence-electron chi connectivity index (χ3n) is 2.98. The van der Waals surface area contributed by atoms with Gasteiger partial charge in [-0.1, -0.05) is 19.9 Å². The molecule has 2 rings (SSSR count). The number of aliphatic hydroxyl groups excluding tert-OH is 1. The first kappa shape index (κ1) is 11.5. The maximum absolute atomic E-state index is 9.91. The van der Waals surface area contributed by atoms with Crippen molar-refractivity contribution in [3.63, 3.8) is 0 Å². The van der Waals surface area contributed by atoms with E-state index in [0.717, 1.165) is 37.2 Å². The van der Waals surface area contributed by atoms with Gasteiger partial charge in [-0.05, 0) is 48.4 Å². The number of aliphatic hydroxyl groups is 1. The lowest BCUT2D eigenvalue weighted by Gasteiger charge is -2.22. The SMILES string of the molecule is CC(C)COc1ccc2c(c1)[C@H](O)CCC2. The largest absolute Gasteiger partial charge is 0.493 e. The third-order valence-corrected chi connectivity index (χ3v) is 2.98.